The van der Waals surface area contributed by atoms with Crippen molar-refractivity contribution in [2.24, 2.45) is 11.8 Å². The maximum Gasteiger partial charge on any atom is 0.321 e. The molecule has 5 heteroatoms. The van der Waals surface area contributed by atoms with E-state index in [1.54, 1.807) is 18.2 Å². The van der Waals surface area contributed by atoms with Crippen LogP contribution in [0.5, 0.6) is 5.75 Å². The van der Waals surface area contributed by atoms with Crippen LogP contribution in [0.3, 0.4) is 0 Å². The first-order chi connectivity index (χ1) is 10.1. The number of benzene rings is 1. The summed E-state index contributed by atoms with van der Waals surface area (Å²) < 4.78 is 19.2. The number of carbonyl (C=O) groups is 1. The number of halogens is 1. The number of ether oxygens (including phenoxy) is 1. The fraction of sp³-hybridized carbons (Fsp3) is 0.562. The minimum atomic E-state index is -0.785. The monoisotopic (exact) mass is 293 g/mol. The largest absolute Gasteiger partial charge is 0.494 e. The lowest BCUT2D eigenvalue weighted by atomic mass is 9.94. The molecule has 114 valence electrons. The van der Waals surface area contributed by atoms with Gasteiger partial charge in [0.1, 0.15) is 6.04 Å². The summed E-state index contributed by atoms with van der Waals surface area (Å²) in [4.78, 5) is 13.5. The van der Waals surface area contributed by atoms with Gasteiger partial charge in [0, 0.05) is 18.7 Å². The highest BCUT2D eigenvalue weighted by molar-refractivity contribution is 5.74. The van der Waals surface area contributed by atoms with Crippen molar-refractivity contribution in [2.75, 3.05) is 13.7 Å². The van der Waals surface area contributed by atoms with Gasteiger partial charge >= 0.3 is 5.97 Å². The summed E-state index contributed by atoms with van der Waals surface area (Å²) in [6.07, 6.45) is 3.17. The molecule has 2 aliphatic rings. The molecule has 1 aromatic rings. The van der Waals surface area contributed by atoms with Crippen molar-refractivity contribution < 1.29 is 19.0 Å². The van der Waals surface area contributed by atoms with Crippen LogP contribution in [-0.4, -0.2) is 35.7 Å². The molecule has 1 N–H and O–H groups in total. The number of carboxylic acids is 1. The summed E-state index contributed by atoms with van der Waals surface area (Å²) in [7, 11) is 1.43. The molecule has 3 atom stereocenters. The van der Waals surface area contributed by atoms with Crippen molar-refractivity contribution in [3.63, 3.8) is 0 Å². The van der Waals surface area contributed by atoms with E-state index in [2.05, 4.69) is 0 Å². The van der Waals surface area contributed by atoms with Crippen molar-refractivity contribution in [2.45, 2.75) is 31.8 Å². The van der Waals surface area contributed by atoms with Gasteiger partial charge in [0.2, 0.25) is 0 Å². The van der Waals surface area contributed by atoms with Gasteiger partial charge in [-0.2, -0.15) is 0 Å². The maximum absolute atomic E-state index is 14.2. The molecule has 0 aromatic heterocycles. The van der Waals surface area contributed by atoms with Gasteiger partial charge in [-0.1, -0.05) is 18.6 Å². The molecule has 4 nitrogen and oxygen atoms in total. The molecule has 21 heavy (non-hydrogen) atoms. The van der Waals surface area contributed by atoms with Gasteiger partial charge < -0.3 is 9.84 Å². The number of carboxylic acid groups (broad SMARTS) is 1. The van der Waals surface area contributed by atoms with Crippen LogP contribution in [0.1, 0.15) is 24.8 Å². The molecule has 1 saturated carbocycles. The standard InChI is InChI=1S/C16H20FNO3/c1-21-13-7-3-5-11(14(13)17)9-18-8-10-4-2-6-12(10)15(18)16(19)20/h3,5,7,10,12,15H,2,4,6,8-9H2,1H3,(H,19,20). The summed E-state index contributed by atoms with van der Waals surface area (Å²) in [5.41, 5.74) is 0.501. The molecule has 0 spiro atoms. The minimum Gasteiger partial charge on any atom is -0.494 e. The number of methoxy groups -OCH3 is 1. The highest BCUT2D eigenvalue weighted by atomic mass is 19.1. The SMILES string of the molecule is COc1cccc(CN2CC3CCCC3C2C(=O)O)c1F. The van der Waals surface area contributed by atoms with E-state index in [1.165, 1.54) is 7.11 Å². The van der Waals surface area contributed by atoms with Gasteiger partial charge in [0.05, 0.1) is 7.11 Å². The summed E-state index contributed by atoms with van der Waals surface area (Å²) in [6, 6.07) is 4.53. The average Bonchev–Trinajstić information content (AvgIpc) is 3.00. The Balaban J connectivity index is 1.82. The molecule has 2 fully saturated rings. The Kier molecular flexibility index (Phi) is 3.85. The molecule has 1 heterocycles. The van der Waals surface area contributed by atoms with Crippen LogP contribution in [0.4, 0.5) is 4.39 Å². The third kappa shape index (κ3) is 2.50. The third-order valence-corrected chi connectivity index (χ3v) is 4.88. The number of likely N-dealkylation sites (tertiary alicyclic amines) is 1. The second kappa shape index (κ2) is 5.64. The van der Waals surface area contributed by atoms with E-state index in [0.717, 1.165) is 25.8 Å². The Labute approximate surface area is 123 Å². The fourth-order valence-electron chi connectivity index (χ4n) is 3.95. The van der Waals surface area contributed by atoms with E-state index in [0.29, 0.717) is 18.0 Å². The van der Waals surface area contributed by atoms with E-state index in [4.69, 9.17) is 4.74 Å². The van der Waals surface area contributed by atoms with Crippen molar-refractivity contribution in [1.82, 2.24) is 4.90 Å². The van der Waals surface area contributed by atoms with Crippen molar-refractivity contribution in [3.05, 3.63) is 29.6 Å². The lowest BCUT2D eigenvalue weighted by molar-refractivity contribution is -0.143. The van der Waals surface area contributed by atoms with E-state index < -0.39 is 12.0 Å². The Morgan fingerprint density at radius 3 is 3.00 bits per heavy atom. The van der Waals surface area contributed by atoms with Crippen LogP contribution in [0.25, 0.3) is 0 Å². The van der Waals surface area contributed by atoms with Crippen molar-refractivity contribution in [3.8, 4) is 5.75 Å². The zero-order valence-electron chi connectivity index (χ0n) is 12.1. The average molecular weight is 293 g/mol. The number of rotatable bonds is 4. The Hall–Kier alpha value is -1.62. The molecule has 1 saturated heterocycles. The first-order valence-electron chi connectivity index (χ1n) is 7.40. The lowest BCUT2D eigenvalue weighted by Gasteiger charge is -2.24. The van der Waals surface area contributed by atoms with Crippen LogP contribution in [0.2, 0.25) is 0 Å². The van der Waals surface area contributed by atoms with Gasteiger partial charge in [-0.15, -0.1) is 0 Å². The highest BCUT2D eigenvalue weighted by Gasteiger charge is 2.47. The topological polar surface area (TPSA) is 49.8 Å². The van der Waals surface area contributed by atoms with Crippen molar-refractivity contribution >= 4 is 5.97 Å². The fourth-order valence-corrected chi connectivity index (χ4v) is 3.95. The summed E-state index contributed by atoms with van der Waals surface area (Å²) in [6.45, 7) is 1.07. The Morgan fingerprint density at radius 2 is 2.29 bits per heavy atom. The minimum absolute atomic E-state index is 0.207. The molecule has 0 radical (unpaired) electrons. The van der Waals surface area contributed by atoms with Crippen LogP contribution in [0, 0.1) is 17.7 Å². The van der Waals surface area contributed by atoms with E-state index >= 15 is 0 Å². The second-order valence-electron chi connectivity index (χ2n) is 6.00. The van der Waals surface area contributed by atoms with Gasteiger partial charge in [-0.25, -0.2) is 4.39 Å². The number of aliphatic carboxylic acids is 1. The summed E-state index contributed by atoms with van der Waals surface area (Å²) in [5.74, 6) is -0.302. The molecule has 1 aliphatic heterocycles. The van der Waals surface area contributed by atoms with E-state index in [1.807, 2.05) is 4.90 Å². The molecular formula is C16H20FNO3. The summed E-state index contributed by atoms with van der Waals surface area (Å²) >= 11 is 0. The van der Waals surface area contributed by atoms with Gasteiger partial charge in [0.25, 0.3) is 0 Å². The predicted molar refractivity (Wildman–Crippen MR) is 75.6 cm³/mol. The van der Waals surface area contributed by atoms with Crippen LogP contribution < -0.4 is 4.74 Å². The maximum atomic E-state index is 14.2. The molecule has 1 aliphatic carbocycles. The van der Waals surface area contributed by atoms with Gasteiger partial charge in [-0.05, 0) is 30.7 Å². The van der Waals surface area contributed by atoms with E-state index in [-0.39, 0.29) is 17.5 Å². The smallest absolute Gasteiger partial charge is 0.321 e. The van der Waals surface area contributed by atoms with Gasteiger partial charge in [-0.3, -0.25) is 9.69 Å². The normalized spacial score (nSPS) is 28.6. The molecule has 1 aromatic carbocycles. The molecular weight excluding hydrogens is 273 g/mol. The lowest BCUT2D eigenvalue weighted by Crippen LogP contribution is -2.39. The molecule has 3 rings (SSSR count). The van der Waals surface area contributed by atoms with E-state index in [9.17, 15) is 14.3 Å². The zero-order valence-corrected chi connectivity index (χ0v) is 12.1. The number of fused-ring (bicyclic) bond motifs is 1. The quantitative estimate of drug-likeness (QED) is 0.926. The summed E-state index contributed by atoms with van der Waals surface area (Å²) in [5, 5.41) is 9.52. The van der Waals surface area contributed by atoms with Crippen molar-refractivity contribution in [1.29, 1.82) is 0 Å². The zero-order chi connectivity index (χ0) is 15.0. The third-order valence-electron chi connectivity index (χ3n) is 4.88. The Morgan fingerprint density at radius 1 is 1.48 bits per heavy atom. The van der Waals surface area contributed by atoms with Crippen LogP contribution >= 0.6 is 0 Å². The Bertz CT molecular complexity index is 548. The van der Waals surface area contributed by atoms with Gasteiger partial charge in [0.15, 0.2) is 11.6 Å². The highest BCUT2D eigenvalue weighted by Crippen LogP contribution is 2.43. The number of nitrogens with zero attached hydrogens (tertiary/aromatic N) is 1. The molecule has 0 bridgehead atoms. The second-order valence-corrected chi connectivity index (χ2v) is 6.00. The van der Waals surface area contributed by atoms with Crippen LogP contribution in [-0.2, 0) is 11.3 Å². The molecule has 3 unspecified atom stereocenters. The number of hydrogen-bond donors (Lipinski definition) is 1. The molecule has 0 amide bonds. The predicted octanol–water partition coefficient (Wildman–Crippen LogP) is 2.52. The van der Waals surface area contributed by atoms with Crippen LogP contribution in [0.15, 0.2) is 18.2 Å². The first kappa shape index (κ1) is 14.3. The first-order valence-corrected chi connectivity index (χ1v) is 7.40. The number of hydrogen-bond acceptors (Lipinski definition) is 3.